The van der Waals surface area contributed by atoms with Crippen LogP contribution < -0.4 is 16.2 Å². The normalized spacial score (nSPS) is 11.2. The first kappa shape index (κ1) is 28.3. The fourth-order valence-corrected chi connectivity index (χ4v) is 4.20. The van der Waals surface area contributed by atoms with Crippen molar-refractivity contribution in [3.8, 4) is 0 Å². The number of hydrogen-bond donors (Lipinski definition) is 2. The van der Waals surface area contributed by atoms with Crippen molar-refractivity contribution in [1.82, 2.24) is 9.88 Å². The van der Waals surface area contributed by atoms with Crippen molar-refractivity contribution in [1.29, 1.82) is 0 Å². The van der Waals surface area contributed by atoms with Crippen LogP contribution >= 0.6 is 23.2 Å². The largest absolute Gasteiger partial charge is 0.456 e. The highest BCUT2D eigenvalue weighted by Crippen LogP contribution is 2.21. The van der Waals surface area contributed by atoms with Crippen molar-refractivity contribution in [2.24, 2.45) is 0 Å². The van der Waals surface area contributed by atoms with Gasteiger partial charge < -0.3 is 19.9 Å². The van der Waals surface area contributed by atoms with Crippen LogP contribution in [0.25, 0.3) is 0 Å². The topological polar surface area (TPSA) is 89.4 Å². The van der Waals surface area contributed by atoms with Gasteiger partial charge in [-0.3, -0.25) is 9.59 Å². The second-order valence-corrected chi connectivity index (χ2v) is 10.3. The maximum atomic E-state index is 12.9. The van der Waals surface area contributed by atoms with Gasteiger partial charge in [-0.05, 0) is 76.1 Å². The van der Waals surface area contributed by atoms with Crippen LogP contribution in [0.4, 0.5) is 5.69 Å². The molecule has 2 N–H and O–H groups in total. The first-order valence-corrected chi connectivity index (χ1v) is 12.8. The minimum atomic E-state index is -0.573. The van der Waals surface area contributed by atoms with Gasteiger partial charge in [-0.15, -0.1) is 0 Å². The maximum Gasteiger partial charge on any atom is 0.338 e. The molecular weight excluding hydrogens is 513 g/mol. The lowest BCUT2D eigenvalue weighted by atomic mass is 10.1. The highest BCUT2D eigenvalue weighted by molar-refractivity contribution is 6.34. The summed E-state index contributed by atoms with van der Waals surface area (Å²) in [5.41, 5.74) is 2.29. The molecule has 0 bridgehead atoms. The third kappa shape index (κ3) is 7.84. The van der Waals surface area contributed by atoms with Gasteiger partial charge in [0.15, 0.2) is 0 Å². The molecule has 0 aliphatic heterocycles. The van der Waals surface area contributed by atoms with Gasteiger partial charge in [0.2, 0.25) is 0 Å². The van der Waals surface area contributed by atoms with Gasteiger partial charge in [-0.2, -0.15) is 0 Å². The molecule has 9 heteroatoms. The molecule has 3 aromatic rings. The quantitative estimate of drug-likeness (QED) is 0.337. The van der Waals surface area contributed by atoms with Crippen LogP contribution in [0.5, 0.6) is 0 Å². The van der Waals surface area contributed by atoms with Gasteiger partial charge in [0.05, 0.1) is 22.8 Å². The van der Waals surface area contributed by atoms with Crippen LogP contribution in [0.15, 0.2) is 59.4 Å². The molecule has 0 saturated carbocycles. The van der Waals surface area contributed by atoms with Gasteiger partial charge >= 0.3 is 5.97 Å². The van der Waals surface area contributed by atoms with Crippen LogP contribution in [0.3, 0.4) is 0 Å². The number of carbonyl (C=O) groups is 2. The molecular formula is C28H31Cl2N3O4. The minimum absolute atomic E-state index is 0.0345. The number of pyridine rings is 1. The molecule has 0 aliphatic rings. The summed E-state index contributed by atoms with van der Waals surface area (Å²) >= 11 is 12.6. The number of esters is 1. The van der Waals surface area contributed by atoms with Crippen LogP contribution in [-0.2, 0) is 24.2 Å². The zero-order valence-corrected chi connectivity index (χ0v) is 22.9. The highest BCUT2D eigenvalue weighted by atomic mass is 35.5. The predicted octanol–water partition coefficient (Wildman–Crippen LogP) is 5.71. The molecule has 2 aromatic carbocycles. The highest BCUT2D eigenvalue weighted by Gasteiger charge is 2.18. The Bertz CT molecular complexity index is 1330. The molecule has 0 saturated heterocycles. The summed E-state index contributed by atoms with van der Waals surface area (Å²) in [5, 5.41) is 6.41. The summed E-state index contributed by atoms with van der Waals surface area (Å²) in [6.07, 6.45) is 0.519. The molecule has 196 valence electrons. The molecule has 37 heavy (non-hydrogen) atoms. The first-order valence-electron chi connectivity index (χ1n) is 12.0. The number of nitrogens with one attached hydrogen (secondary N) is 2. The van der Waals surface area contributed by atoms with Crippen molar-refractivity contribution in [2.45, 2.75) is 52.8 Å². The van der Waals surface area contributed by atoms with E-state index >= 15 is 0 Å². The fourth-order valence-electron chi connectivity index (χ4n) is 3.66. The Morgan fingerprint density at radius 2 is 1.68 bits per heavy atom. The minimum Gasteiger partial charge on any atom is -0.456 e. The molecule has 1 heterocycles. The second-order valence-electron chi connectivity index (χ2n) is 9.49. The van der Waals surface area contributed by atoms with E-state index in [0.717, 1.165) is 5.56 Å². The lowest BCUT2D eigenvalue weighted by Gasteiger charge is -2.19. The van der Waals surface area contributed by atoms with E-state index in [2.05, 4.69) is 10.6 Å². The Kier molecular flexibility index (Phi) is 9.40. The standard InChI is InChI=1S/C28H31Cl2N3O4/c1-5-31-25(34)20-7-6-8-21(15-20)32-17-24-22(29)16-23(30)26(35)33(24)14-13-18-9-11-19(12-10-18)27(36)37-28(2,3)4/h6-12,15-16,32H,5,13-14,17H2,1-4H3,(H,31,34). The molecule has 3 rings (SSSR count). The number of amides is 1. The number of hydrogen-bond acceptors (Lipinski definition) is 5. The Morgan fingerprint density at radius 3 is 2.32 bits per heavy atom. The van der Waals surface area contributed by atoms with Crippen molar-refractivity contribution in [3.05, 3.63) is 97.4 Å². The van der Waals surface area contributed by atoms with Crippen molar-refractivity contribution >= 4 is 40.8 Å². The summed E-state index contributed by atoms with van der Waals surface area (Å²) in [4.78, 5) is 37.3. The van der Waals surface area contributed by atoms with Crippen molar-refractivity contribution < 1.29 is 14.3 Å². The van der Waals surface area contributed by atoms with Crippen molar-refractivity contribution in [2.75, 3.05) is 11.9 Å². The van der Waals surface area contributed by atoms with E-state index in [-0.39, 0.29) is 29.0 Å². The predicted molar refractivity (Wildman–Crippen MR) is 148 cm³/mol. The first-order chi connectivity index (χ1) is 17.5. The van der Waals surface area contributed by atoms with Crippen LogP contribution in [0, 0.1) is 0 Å². The summed E-state index contributed by atoms with van der Waals surface area (Å²) in [7, 11) is 0. The molecule has 0 fully saturated rings. The van der Waals surface area contributed by atoms with Gasteiger partial charge in [0.25, 0.3) is 11.5 Å². The van der Waals surface area contributed by atoms with E-state index in [1.54, 1.807) is 34.9 Å². The third-order valence-electron chi connectivity index (χ3n) is 5.44. The zero-order valence-electron chi connectivity index (χ0n) is 21.4. The molecule has 0 atom stereocenters. The number of rotatable bonds is 9. The SMILES string of the molecule is CCNC(=O)c1cccc(NCc2c(Cl)cc(Cl)c(=O)n2CCc2ccc(C(=O)OC(C)(C)C)cc2)c1. The van der Waals surface area contributed by atoms with Gasteiger partial charge in [0.1, 0.15) is 10.6 Å². The number of benzene rings is 2. The summed E-state index contributed by atoms with van der Waals surface area (Å²) < 4.78 is 6.95. The van der Waals surface area contributed by atoms with Crippen LogP contribution in [-0.4, -0.2) is 28.6 Å². The third-order valence-corrected chi connectivity index (χ3v) is 6.04. The number of nitrogens with zero attached hydrogens (tertiary/aromatic N) is 1. The molecule has 0 radical (unpaired) electrons. The van der Waals surface area contributed by atoms with Gasteiger partial charge in [-0.1, -0.05) is 41.4 Å². The Balaban J connectivity index is 1.76. The number of aryl methyl sites for hydroxylation is 1. The van der Waals surface area contributed by atoms with E-state index in [0.29, 0.717) is 47.0 Å². The monoisotopic (exact) mass is 543 g/mol. The maximum absolute atomic E-state index is 12.9. The van der Waals surface area contributed by atoms with E-state index in [1.807, 2.05) is 45.9 Å². The Morgan fingerprint density at radius 1 is 0.973 bits per heavy atom. The smallest absolute Gasteiger partial charge is 0.338 e. The molecule has 1 amide bonds. The van der Waals surface area contributed by atoms with Crippen LogP contribution in [0.2, 0.25) is 10.0 Å². The van der Waals surface area contributed by atoms with Gasteiger partial charge in [-0.25, -0.2) is 4.79 Å². The average Bonchev–Trinajstić information content (AvgIpc) is 2.84. The molecule has 0 unspecified atom stereocenters. The van der Waals surface area contributed by atoms with Crippen molar-refractivity contribution in [3.63, 3.8) is 0 Å². The van der Waals surface area contributed by atoms with Gasteiger partial charge in [0, 0.05) is 24.3 Å². The molecule has 7 nitrogen and oxygen atoms in total. The summed E-state index contributed by atoms with van der Waals surface area (Å²) in [6.45, 7) is 8.44. The summed E-state index contributed by atoms with van der Waals surface area (Å²) in [6, 6.07) is 15.6. The second kappa shape index (κ2) is 12.3. The van der Waals surface area contributed by atoms with E-state index < -0.39 is 5.60 Å². The Hall–Kier alpha value is -3.29. The number of ether oxygens (including phenoxy) is 1. The molecule has 0 aliphatic carbocycles. The Labute approximate surface area is 226 Å². The zero-order chi connectivity index (χ0) is 27.2. The lowest BCUT2D eigenvalue weighted by molar-refractivity contribution is 0.00694. The number of aromatic nitrogens is 1. The van der Waals surface area contributed by atoms with E-state index in [1.165, 1.54) is 6.07 Å². The van der Waals surface area contributed by atoms with E-state index in [4.69, 9.17) is 27.9 Å². The molecule has 1 aromatic heterocycles. The fraction of sp³-hybridized carbons (Fsp3) is 0.321. The number of anilines is 1. The average molecular weight is 544 g/mol. The summed E-state index contributed by atoms with van der Waals surface area (Å²) in [5.74, 6) is -0.549. The number of halogens is 2. The van der Waals surface area contributed by atoms with Crippen LogP contribution in [0.1, 0.15) is 59.7 Å². The molecule has 0 spiro atoms. The van der Waals surface area contributed by atoms with E-state index in [9.17, 15) is 14.4 Å². The lowest BCUT2D eigenvalue weighted by Crippen LogP contribution is -2.27. The number of carbonyl (C=O) groups excluding carboxylic acids is 2.